The number of oxime groups is 1. The molecule has 1 aromatic heterocycles. The van der Waals surface area contributed by atoms with Crippen molar-refractivity contribution in [2.75, 3.05) is 18.0 Å². The van der Waals surface area contributed by atoms with Gasteiger partial charge in [-0.25, -0.2) is 9.97 Å². The summed E-state index contributed by atoms with van der Waals surface area (Å²) < 4.78 is 0. The Labute approximate surface area is 94.8 Å². The standard InChI is InChI=1S/C10H17N5O/c1-3-15(7-5-9(11)14-16)10-12-6-4-8(2)13-10/h4,6,16H,3,5,7H2,1-2H3,(H2,11,14). The van der Waals surface area contributed by atoms with Gasteiger partial charge in [0.25, 0.3) is 0 Å². The van der Waals surface area contributed by atoms with E-state index in [1.54, 1.807) is 6.20 Å². The normalized spacial score (nSPS) is 11.5. The Morgan fingerprint density at radius 2 is 2.38 bits per heavy atom. The molecule has 6 heteroatoms. The Hall–Kier alpha value is -1.85. The van der Waals surface area contributed by atoms with Crippen LogP contribution in [0.2, 0.25) is 0 Å². The van der Waals surface area contributed by atoms with Crippen LogP contribution in [0.25, 0.3) is 0 Å². The van der Waals surface area contributed by atoms with Gasteiger partial charge in [-0.3, -0.25) is 0 Å². The topological polar surface area (TPSA) is 87.6 Å². The molecule has 88 valence electrons. The molecule has 3 N–H and O–H groups in total. The lowest BCUT2D eigenvalue weighted by Gasteiger charge is -2.20. The lowest BCUT2D eigenvalue weighted by molar-refractivity contribution is 0.317. The van der Waals surface area contributed by atoms with Crippen LogP contribution < -0.4 is 10.6 Å². The highest BCUT2D eigenvalue weighted by atomic mass is 16.4. The van der Waals surface area contributed by atoms with Crippen LogP contribution in [0, 0.1) is 6.92 Å². The maximum Gasteiger partial charge on any atom is 0.225 e. The molecular formula is C10H17N5O. The van der Waals surface area contributed by atoms with Gasteiger partial charge >= 0.3 is 0 Å². The van der Waals surface area contributed by atoms with E-state index >= 15 is 0 Å². The molecule has 1 rings (SSSR count). The Bertz CT molecular complexity index is 366. The van der Waals surface area contributed by atoms with Crippen molar-refractivity contribution in [3.05, 3.63) is 18.0 Å². The van der Waals surface area contributed by atoms with E-state index in [9.17, 15) is 0 Å². The lowest BCUT2D eigenvalue weighted by Crippen LogP contribution is -2.29. The van der Waals surface area contributed by atoms with Crippen molar-refractivity contribution in [3.8, 4) is 0 Å². The van der Waals surface area contributed by atoms with Crippen LogP contribution in [0.4, 0.5) is 5.95 Å². The van der Waals surface area contributed by atoms with Gasteiger partial charge in [-0.05, 0) is 19.9 Å². The molecule has 16 heavy (non-hydrogen) atoms. The average molecular weight is 223 g/mol. The Morgan fingerprint density at radius 3 is 2.94 bits per heavy atom. The molecule has 0 fully saturated rings. The summed E-state index contributed by atoms with van der Waals surface area (Å²) in [4.78, 5) is 10.5. The molecule has 0 amide bonds. The van der Waals surface area contributed by atoms with Crippen LogP contribution in [0.1, 0.15) is 19.0 Å². The third-order valence-corrected chi connectivity index (χ3v) is 2.21. The van der Waals surface area contributed by atoms with Crippen molar-refractivity contribution in [2.24, 2.45) is 10.9 Å². The van der Waals surface area contributed by atoms with E-state index in [4.69, 9.17) is 10.9 Å². The Kier molecular flexibility index (Phi) is 4.50. The van der Waals surface area contributed by atoms with Gasteiger partial charge in [0.05, 0.1) is 0 Å². The summed E-state index contributed by atoms with van der Waals surface area (Å²) in [5.74, 6) is 0.888. The van der Waals surface area contributed by atoms with Crippen molar-refractivity contribution >= 4 is 11.8 Å². The fraction of sp³-hybridized carbons (Fsp3) is 0.500. The molecule has 0 aliphatic carbocycles. The van der Waals surface area contributed by atoms with Gasteiger partial charge in [0, 0.05) is 31.4 Å². The molecule has 0 aliphatic heterocycles. The number of hydrogen-bond acceptors (Lipinski definition) is 5. The highest BCUT2D eigenvalue weighted by Gasteiger charge is 2.07. The third kappa shape index (κ3) is 3.38. The van der Waals surface area contributed by atoms with E-state index in [1.807, 2.05) is 24.8 Å². The predicted molar refractivity (Wildman–Crippen MR) is 62.7 cm³/mol. The van der Waals surface area contributed by atoms with E-state index in [0.29, 0.717) is 18.9 Å². The molecule has 0 aromatic carbocycles. The molecule has 0 unspecified atom stereocenters. The van der Waals surface area contributed by atoms with E-state index < -0.39 is 0 Å². The molecule has 0 radical (unpaired) electrons. The smallest absolute Gasteiger partial charge is 0.225 e. The fourth-order valence-corrected chi connectivity index (χ4v) is 1.29. The maximum absolute atomic E-state index is 8.45. The largest absolute Gasteiger partial charge is 0.409 e. The number of nitrogens with zero attached hydrogens (tertiary/aromatic N) is 4. The fourth-order valence-electron chi connectivity index (χ4n) is 1.29. The zero-order valence-electron chi connectivity index (χ0n) is 9.59. The predicted octanol–water partition coefficient (Wildman–Crippen LogP) is 0.748. The van der Waals surface area contributed by atoms with Crippen LogP contribution in [0.3, 0.4) is 0 Å². The number of hydrogen-bond donors (Lipinski definition) is 2. The molecule has 0 atom stereocenters. The summed E-state index contributed by atoms with van der Waals surface area (Å²) in [5, 5.41) is 11.4. The first-order valence-corrected chi connectivity index (χ1v) is 5.18. The quantitative estimate of drug-likeness (QED) is 0.333. The zero-order chi connectivity index (χ0) is 12.0. The van der Waals surface area contributed by atoms with Gasteiger partial charge in [-0.1, -0.05) is 5.16 Å². The molecule has 0 aliphatic rings. The number of amidine groups is 1. The lowest BCUT2D eigenvalue weighted by atomic mass is 10.3. The van der Waals surface area contributed by atoms with Gasteiger partial charge in [0.2, 0.25) is 5.95 Å². The van der Waals surface area contributed by atoms with Gasteiger partial charge in [0.15, 0.2) is 0 Å². The van der Waals surface area contributed by atoms with Crippen molar-refractivity contribution < 1.29 is 5.21 Å². The van der Waals surface area contributed by atoms with Crippen LogP contribution in [0.5, 0.6) is 0 Å². The number of anilines is 1. The highest BCUT2D eigenvalue weighted by molar-refractivity contribution is 5.80. The van der Waals surface area contributed by atoms with E-state index in [1.165, 1.54) is 0 Å². The van der Waals surface area contributed by atoms with Crippen LogP contribution in [-0.2, 0) is 0 Å². The number of aryl methyl sites for hydroxylation is 1. The average Bonchev–Trinajstić information content (AvgIpc) is 2.29. The van der Waals surface area contributed by atoms with Crippen LogP contribution in [-0.4, -0.2) is 34.1 Å². The highest BCUT2D eigenvalue weighted by Crippen LogP contribution is 2.07. The second-order valence-corrected chi connectivity index (χ2v) is 3.42. The van der Waals surface area contributed by atoms with Gasteiger partial charge in [-0.15, -0.1) is 0 Å². The molecule has 0 spiro atoms. The first-order valence-electron chi connectivity index (χ1n) is 5.18. The van der Waals surface area contributed by atoms with Crippen LogP contribution in [0.15, 0.2) is 17.4 Å². The van der Waals surface area contributed by atoms with Gasteiger partial charge in [-0.2, -0.15) is 0 Å². The summed E-state index contributed by atoms with van der Waals surface area (Å²) in [6.07, 6.45) is 2.21. The number of nitrogens with two attached hydrogens (primary N) is 1. The first-order chi connectivity index (χ1) is 7.67. The van der Waals surface area contributed by atoms with Crippen molar-refractivity contribution in [1.29, 1.82) is 0 Å². The SMILES string of the molecule is CCN(CCC(N)=NO)c1nccc(C)n1. The molecule has 6 nitrogen and oxygen atoms in total. The monoisotopic (exact) mass is 223 g/mol. The molecular weight excluding hydrogens is 206 g/mol. The van der Waals surface area contributed by atoms with Gasteiger partial charge < -0.3 is 15.8 Å². The Balaban J connectivity index is 2.67. The Morgan fingerprint density at radius 1 is 1.62 bits per heavy atom. The second kappa shape index (κ2) is 5.89. The number of aromatic nitrogens is 2. The minimum atomic E-state index is 0.214. The summed E-state index contributed by atoms with van der Waals surface area (Å²) in [6.45, 7) is 5.35. The molecule has 0 saturated carbocycles. The maximum atomic E-state index is 8.45. The zero-order valence-corrected chi connectivity index (χ0v) is 9.59. The minimum absolute atomic E-state index is 0.214. The number of rotatable bonds is 5. The summed E-state index contributed by atoms with van der Waals surface area (Å²) in [6, 6.07) is 1.85. The van der Waals surface area contributed by atoms with Crippen molar-refractivity contribution in [1.82, 2.24) is 9.97 Å². The van der Waals surface area contributed by atoms with E-state index in [2.05, 4.69) is 15.1 Å². The minimum Gasteiger partial charge on any atom is -0.409 e. The van der Waals surface area contributed by atoms with Gasteiger partial charge in [0.1, 0.15) is 5.84 Å². The summed E-state index contributed by atoms with van der Waals surface area (Å²) in [7, 11) is 0. The van der Waals surface area contributed by atoms with Crippen molar-refractivity contribution in [2.45, 2.75) is 20.3 Å². The molecule has 0 saturated heterocycles. The van der Waals surface area contributed by atoms with Crippen molar-refractivity contribution in [3.63, 3.8) is 0 Å². The summed E-state index contributed by atoms with van der Waals surface area (Å²) in [5.41, 5.74) is 6.34. The second-order valence-electron chi connectivity index (χ2n) is 3.42. The molecule has 1 aromatic rings. The summed E-state index contributed by atoms with van der Waals surface area (Å²) >= 11 is 0. The van der Waals surface area contributed by atoms with E-state index in [-0.39, 0.29) is 5.84 Å². The van der Waals surface area contributed by atoms with Crippen LogP contribution >= 0.6 is 0 Å². The molecule has 1 heterocycles. The first kappa shape index (κ1) is 12.2. The third-order valence-electron chi connectivity index (χ3n) is 2.21. The van der Waals surface area contributed by atoms with E-state index in [0.717, 1.165) is 12.2 Å². The molecule has 0 bridgehead atoms.